The van der Waals surface area contributed by atoms with Gasteiger partial charge in [-0.25, -0.2) is 8.42 Å². The van der Waals surface area contributed by atoms with E-state index < -0.39 is 9.84 Å². The lowest BCUT2D eigenvalue weighted by atomic mass is 9.55. The lowest BCUT2D eigenvalue weighted by Crippen LogP contribution is -2.43. The van der Waals surface area contributed by atoms with Gasteiger partial charge < -0.3 is 0 Å². The van der Waals surface area contributed by atoms with Gasteiger partial charge in [0, 0.05) is 4.47 Å². The Morgan fingerprint density at radius 3 is 2.00 bits per heavy atom. The molecule has 0 saturated heterocycles. The molecule has 0 unspecified atom stereocenters. The highest BCUT2D eigenvalue weighted by molar-refractivity contribution is 9.10. The molecule has 0 aliphatic heterocycles. The monoisotopic (exact) mass is 356 g/mol. The van der Waals surface area contributed by atoms with Crippen molar-refractivity contribution in [3.05, 3.63) is 28.7 Å². The van der Waals surface area contributed by atoms with E-state index in [1.165, 1.54) is 19.3 Å². The van der Waals surface area contributed by atoms with Crippen LogP contribution in [-0.4, -0.2) is 14.2 Å². The third kappa shape index (κ3) is 2.69. The van der Waals surface area contributed by atoms with Crippen LogP contribution in [0.5, 0.6) is 0 Å². The first-order chi connectivity index (χ1) is 9.33. The first-order valence-electron chi connectivity index (χ1n) is 7.31. The molecule has 0 spiro atoms. The van der Waals surface area contributed by atoms with Crippen molar-refractivity contribution in [2.45, 2.75) is 50.3 Å². The summed E-state index contributed by atoms with van der Waals surface area (Å²) in [5.74, 6) is 0.331. The minimum atomic E-state index is -3.16. The van der Waals surface area contributed by atoms with Gasteiger partial charge in [0.05, 0.1) is 10.6 Å². The fraction of sp³-hybridized carbons (Fsp3) is 0.625. The Morgan fingerprint density at radius 1 is 1.00 bits per heavy atom. The van der Waals surface area contributed by atoms with E-state index in [4.69, 9.17) is 0 Å². The van der Waals surface area contributed by atoms with E-state index in [9.17, 15) is 8.42 Å². The Labute approximate surface area is 130 Å². The van der Waals surface area contributed by atoms with Crippen molar-refractivity contribution in [1.29, 1.82) is 0 Å². The van der Waals surface area contributed by atoms with Gasteiger partial charge in [0.1, 0.15) is 0 Å². The Balaban J connectivity index is 1.82. The van der Waals surface area contributed by atoms with Gasteiger partial charge in [-0.3, -0.25) is 0 Å². The molecule has 2 nitrogen and oxygen atoms in total. The maximum atomic E-state index is 12.7. The molecule has 0 radical (unpaired) electrons. The Bertz CT molecular complexity index is 579. The Hall–Kier alpha value is -0.350. The summed E-state index contributed by atoms with van der Waals surface area (Å²) >= 11 is 3.35. The summed E-state index contributed by atoms with van der Waals surface area (Å²) in [7, 11) is -3.16. The molecule has 3 saturated carbocycles. The molecule has 110 valence electrons. The van der Waals surface area contributed by atoms with Crippen molar-refractivity contribution >= 4 is 25.8 Å². The van der Waals surface area contributed by atoms with Crippen molar-refractivity contribution < 1.29 is 8.42 Å². The molecule has 0 aromatic heterocycles. The van der Waals surface area contributed by atoms with Gasteiger partial charge in [-0.15, -0.1) is 0 Å². The number of benzene rings is 1. The van der Waals surface area contributed by atoms with Crippen LogP contribution in [-0.2, 0) is 9.84 Å². The van der Waals surface area contributed by atoms with E-state index in [1.807, 2.05) is 12.1 Å². The largest absolute Gasteiger partial charge is 0.224 e. The molecule has 20 heavy (non-hydrogen) atoms. The molecular formula is C16H21BrO2S. The molecule has 0 heterocycles. The molecule has 1 aromatic rings. The highest BCUT2D eigenvalue weighted by Gasteiger charge is 2.48. The molecule has 0 amide bonds. The second-order valence-electron chi connectivity index (χ2n) is 7.02. The van der Waals surface area contributed by atoms with E-state index in [0.29, 0.717) is 16.1 Å². The van der Waals surface area contributed by atoms with Crippen molar-refractivity contribution in [2.75, 3.05) is 5.75 Å². The van der Waals surface area contributed by atoms with Crippen LogP contribution in [0.1, 0.15) is 45.4 Å². The van der Waals surface area contributed by atoms with Gasteiger partial charge in [-0.1, -0.05) is 22.9 Å². The van der Waals surface area contributed by atoms with Crippen LogP contribution in [0, 0.1) is 10.8 Å². The third-order valence-electron chi connectivity index (χ3n) is 5.45. The lowest BCUT2D eigenvalue weighted by Gasteiger charge is -2.52. The average molecular weight is 357 g/mol. The minimum absolute atomic E-state index is 0.0453. The normalized spacial score (nSPS) is 33.3. The molecule has 1 aromatic carbocycles. The highest BCUT2D eigenvalue weighted by atomic mass is 79.9. The summed E-state index contributed by atoms with van der Waals surface area (Å²) < 4.78 is 26.2. The smallest absolute Gasteiger partial charge is 0.178 e. The van der Waals surface area contributed by atoms with Crippen molar-refractivity contribution in [3.63, 3.8) is 0 Å². The second-order valence-corrected chi connectivity index (χ2v) is 9.93. The van der Waals surface area contributed by atoms with Gasteiger partial charge in [0.25, 0.3) is 0 Å². The standard InChI is InChI=1S/C16H21BrO2S/c1-15-6-9-16(10-7-15,11-8-15)12-20(18,19)14-4-2-13(17)3-5-14/h2-5H,6-12H2,1H3. The van der Waals surface area contributed by atoms with E-state index in [-0.39, 0.29) is 5.41 Å². The zero-order chi connectivity index (χ0) is 14.4. The predicted octanol–water partition coefficient (Wildman–Crippen LogP) is 4.58. The molecular weight excluding hydrogens is 336 g/mol. The first kappa shape index (κ1) is 14.6. The molecule has 4 heteroatoms. The van der Waals surface area contributed by atoms with Crippen LogP contribution in [0.4, 0.5) is 0 Å². The van der Waals surface area contributed by atoms with Crippen LogP contribution in [0.2, 0.25) is 0 Å². The quantitative estimate of drug-likeness (QED) is 0.793. The first-order valence-corrected chi connectivity index (χ1v) is 9.76. The number of rotatable bonds is 3. The van der Waals surface area contributed by atoms with Crippen LogP contribution in [0.3, 0.4) is 0 Å². The second kappa shape index (κ2) is 4.84. The highest BCUT2D eigenvalue weighted by Crippen LogP contribution is 2.57. The number of hydrogen-bond acceptors (Lipinski definition) is 2. The van der Waals surface area contributed by atoms with Gasteiger partial charge in [-0.05, 0) is 73.6 Å². The van der Waals surface area contributed by atoms with Crippen molar-refractivity contribution in [1.82, 2.24) is 0 Å². The summed E-state index contributed by atoms with van der Waals surface area (Å²) in [5.41, 5.74) is 0.535. The number of sulfone groups is 1. The summed E-state index contributed by atoms with van der Waals surface area (Å²) in [6.45, 7) is 2.36. The molecule has 4 rings (SSSR count). The van der Waals surface area contributed by atoms with Crippen molar-refractivity contribution in [2.24, 2.45) is 10.8 Å². The van der Waals surface area contributed by atoms with Crippen LogP contribution in [0.25, 0.3) is 0 Å². The average Bonchev–Trinajstić information content (AvgIpc) is 2.41. The van der Waals surface area contributed by atoms with Crippen LogP contribution >= 0.6 is 15.9 Å². The summed E-state index contributed by atoms with van der Waals surface area (Å²) in [5, 5.41) is 0. The molecule has 3 aliphatic carbocycles. The lowest BCUT2D eigenvalue weighted by molar-refractivity contribution is 0.0186. The third-order valence-corrected chi connectivity index (χ3v) is 7.96. The zero-order valence-electron chi connectivity index (χ0n) is 11.9. The minimum Gasteiger partial charge on any atom is -0.224 e. The topological polar surface area (TPSA) is 34.1 Å². The SMILES string of the molecule is CC12CCC(CS(=O)(=O)c3ccc(Br)cc3)(CC1)CC2. The van der Waals surface area contributed by atoms with E-state index in [0.717, 1.165) is 23.7 Å². The zero-order valence-corrected chi connectivity index (χ0v) is 14.3. The molecule has 3 fully saturated rings. The fourth-order valence-corrected chi connectivity index (χ4v) is 6.02. The Kier molecular flexibility index (Phi) is 3.53. The number of fused-ring (bicyclic) bond motifs is 3. The number of hydrogen-bond donors (Lipinski definition) is 0. The number of halogens is 1. The van der Waals surface area contributed by atoms with Crippen LogP contribution in [0.15, 0.2) is 33.6 Å². The van der Waals surface area contributed by atoms with Crippen LogP contribution < -0.4 is 0 Å². The summed E-state index contributed by atoms with van der Waals surface area (Å²) in [6, 6.07) is 7.05. The van der Waals surface area contributed by atoms with Gasteiger partial charge in [0.2, 0.25) is 0 Å². The van der Waals surface area contributed by atoms with Crippen molar-refractivity contribution in [3.8, 4) is 0 Å². The van der Waals surface area contributed by atoms with E-state index >= 15 is 0 Å². The summed E-state index contributed by atoms with van der Waals surface area (Å²) in [4.78, 5) is 0.467. The predicted molar refractivity (Wildman–Crippen MR) is 84.4 cm³/mol. The van der Waals surface area contributed by atoms with Gasteiger partial charge in [-0.2, -0.15) is 0 Å². The molecule has 3 aliphatic rings. The van der Waals surface area contributed by atoms with E-state index in [1.54, 1.807) is 12.1 Å². The summed E-state index contributed by atoms with van der Waals surface area (Å²) in [6.07, 6.45) is 6.84. The fourth-order valence-electron chi connectivity index (χ4n) is 3.80. The van der Waals surface area contributed by atoms with Gasteiger partial charge >= 0.3 is 0 Å². The van der Waals surface area contributed by atoms with Gasteiger partial charge in [0.15, 0.2) is 9.84 Å². The van der Waals surface area contributed by atoms with E-state index in [2.05, 4.69) is 22.9 Å². The molecule has 0 atom stereocenters. The Morgan fingerprint density at radius 2 is 1.50 bits per heavy atom. The molecule has 0 N–H and O–H groups in total. The maximum absolute atomic E-state index is 12.7. The maximum Gasteiger partial charge on any atom is 0.178 e. The molecule has 2 bridgehead atoms.